The fourth-order valence-corrected chi connectivity index (χ4v) is 5.07. The van der Waals surface area contributed by atoms with Crippen LogP contribution in [0.4, 0.5) is 0 Å². The normalized spacial score (nSPS) is 18.1. The Morgan fingerprint density at radius 2 is 1.86 bits per heavy atom. The summed E-state index contributed by atoms with van der Waals surface area (Å²) in [6.45, 7) is 10.9. The third kappa shape index (κ3) is 5.80. The van der Waals surface area contributed by atoms with Crippen LogP contribution < -0.4 is 10.6 Å². The number of hydrogen-bond donors (Lipinski definition) is 2. The number of aromatic nitrogens is 2. The van der Waals surface area contributed by atoms with Crippen LogP contribution in [0.25, 0.3) is 11.0 Å². The summed E-state index contributed by atoms with van der Waals surface area (Å²) in [5, 5.41) is 6.83. The Labute approximate surface area is 222 Å². The summed E-state index contributed by atoms with van der Waals surface area (Å²) in [5.41, 5.74) is 3.77. The Bertz CT molecular complexity index is 1400. The average molecular weight is 521 g/mol. The van der Waals surface area contributed by atoms with Crippen molar-refractivity contribution in [3.63, 3.8) is 0 Å². The number of imidazole rings is 1. The number of aryl methyl sites for hydroxylation is 1. The predicted octanol–water partition coefficient (Wildman–Crippen LogP) is 4.72. The van der Waals surface area contributed by atoms with E-state index in [1.165, 1.54) is 0 Å². The molecule has 2 heterocycles. The summed E-state index contributed by atoms with van der Waals surface area (Å²) in [4.78, 5) is 30.4. The lowest BCUT2D eigenvalue weighted by Gasteiger charge is -2.36. The fraction of sp³-hybridized carbons (Fsp3) is 0.379. The lowest BCUT2D eigenvalue weighted by atomic mass is 9.78. The smallest absolute Gasteiger partial charge is 0.250 e. The van der Waals surface area contributed by atoms with Gasteiger partial charge in [0.2, 0.25) is 5.91 Å². The number of carbonyl (C=O) groups is 1. The van der Waals surface area contributed by atoms with Gasteiger partial charge in [0.1, 0.15) is 11.8 Å². The molecule has 194 valence electrons. The highest BCUT2D eigenvalue weighted by Gasteiger charge is 2.39. The summed E-state index contributed by atoms with van der Waals surface area (Å²) in [6, 6.07) is 14.8. The minimum absolute atomic E-state index is 0.239. The summed E-state index contributed by atoms with van der Waals surface area (Å²) in [6.07, 6.45) is 0. The van der Waals surface area contributed by atoms with Crippen molar-refractivity contribution in [2.24, 2.45) is 0 Å². The first kappa shape index (κ1) is 26.7. The van der Waals surface area contributed by atoms with E-state index in [1.807, 2.05) is 77.1 Å². The van der Waals surface area contributed by atoms with Gasteiger partial charge in [0.15, 0.2) is 0 Å². The number of para-hydroxylation sites is 2. The highest BCUT2D eigenvalue weighted by atomic mass is 35.5. The number of hydrogen-bond acceptors (Lipinski definition) is 5. The summed E-state index contributed by atoms with van der Waals surface area (Å²) in [5.74, 6) is 2.15. The molecule has 1 aromatic heterocycles. The number of carbonyl (C=O) groups excluding carboxylic acids is 2. The van der Waals surface area contributed by atoms with E-state index in [0.717, 1.165) is 16.9 Å². The molecule has 0 fully saturated rings. The SMILES string of the molecule is CC1=C(C(=O)NC(C)(C)C)C(c2ccccc2Cl)C(=C=O)C(COCCn2c(C)nc3ccccc32)N1. The van der Waals surface area contributed by atoms with E-state index in [0.29, 0.717) is 40.6 Å². The second-order valence-electron chi connectivity index (χ2n) is 10.3. The van der Waals surface area contributed by atoms with Crippen LogP contribution in [0.2, 0.25) is 5.02 Å². The molecule has 2 N–H and O–H groups in total. The summed E-state index contributed by atoms with van der Waals surface area (Å²) >= 11 is 6.57. The second-order valence-corrected chi connectivity index (χ2v) is 10.7. The molecule has 0 radical (unpaired) electrons. The molecular weight excluding hydrogens is 488 g/mol. The molecule has 0 bridgehead atoms. The maximum absolute atomic E-state index is 13.4. The van der Waals surface area contributed by atoms with Gasteiger partial charge in [0.25, 0.3) is 0 Å². The number of rotatable bonds is 7. The van der Waals surface area contributed by atoms with Gasteiger partial charge in [0.05, 0.1) is 41.8 Å². The van der Waals surface area contributed by atoms with Crippen molar-refractivity contribution in [1.82, 2.24) is 20.2 Å². The van der Waals surface area contributed by atoms with Crippen molar-refractivity contribution in [2.75, 3.05) is 13.2 Å². The monoisotopic (exact) mass is 520 g/mol. The minimum Gasteiger partial charge on any atom is -0.379 e. The molecule has 7 nitrogen and oxygen atoms in total. The molecule has 1 amide bonds. The van der Waals surface area contributed by atoms with Gasteiger partial charge in [-0.05, 0) is 58.4 Å². The number of allylic oxidation sites excluding steroid dienone is 1. The molecule has 1 aliphatic heterocycles. The standard InChI is InChI=1S/C29H33ClN4O3/c1-18-26(28(36)33-29(3,4)5)27(20-10-6-7-11-22(20)30)21(16-35)24(31-18)17-37-15-14-34-19(2)32-23-12-8-9-13-25(23)34/h6-13,24,27,31H,14-15,17H2,1-5H3,(H,33,36). The molecule has 4 rings (SSSR count). The zero-order valence-electron chi connectivity index (χ0n) is 21.9. The van der Waals surface area contributed by atoms with Crippen LogP contribution in [-0.2, 0) is 20.9 Å². The molecule has 1 aliphatic rings. The lowest BCUT2D eigenvalue weighted by Crippen LogP contribution is -2.48. The third-order valence-corrected chi connectivity index (χ3v) is 6.77. The molecule has 2 unspecified atom stereocenters. The number of benzene rings is 2. The van der Waals surface area contributed by atoms with Crippen molar-refractivity contribution in [1.29, 1.82) is 0 Å². The van der Waals surface area contributed by atoms with Crippen molar-refractivity contribution in [2.45, 2.75) is 58.7 Å². The van der Waals surface area contributed by atoms with Gasteiger partial charge < -0.3 is 19.9 Å². The first-order valence-corrected chi connectivity index (χ1v) is 12.8. The predicted molar refractivity (Wildman–Crippen MR) is 146 cm³/mol. The number of nitrogens with zero attached hydrogens (tertiary/aromatic N) is 2. The quantitative estimate of drug-likeness (QED) is 0.348. The molecule has 3 aromatic rings. The minimum atomic E-state index is -0.636. The Morgan fingerprint density at radius 3 is 2.57 bits per heavy atom. The van der Waals surface area contributed by atoms with Gasteiger partial charge in [-0.1, -0.05) is 41.9 Å². The van der Waals surface area contributed by atoms with E-state index in [-0.39, 0.29) is 12.5 Å². The zero-order valence-corrected chi connectivity index (χ0v) is 22.6. The fourth-order valence-electron chi connectivity index (χ4n) is 4.83. The number of halogens is 1. The molecular formula is C29H33ClN4O3. The molecule has 0 saturated carbocycles. The molecule has 37 heavy (non-hydrogen) atoms. The topological polar surface area (TPSA) is 85.2 Å². The molecule has 2 aromatic carbocycles. The summed E-state index contributed by atoms with van der Waals surface area (Å²) < 4.78 is 8.17. The van der Waals surface area contributed by atoms with E-state index < -0.39 is 17.5 Å². The zero-order chi connectivity index (χ0) is 26.7. The van der Waals surface area contributed by atoms with Crippen LogP contribution >= 0.6 is 11.6 Å². The van der Waals surface area contributed by atoms with Gasteiger partial charge in [0, 0.05) is 28.4 Å². The van der Waals surface area contributed by atoms with Crippen LogP contribution in [0.5, 0.6) is 0 Å². The van der Waals surface area contributed by atoms with Crippen LogP contribution in [0.1, 0.15) is 45.0 Å². The van der Waals surface area contributed by atoms with Gasteiger partial charge in [-0.3, -0.25) is 4.79 Å². The van der Waals surface area contributed by atoms with E-state index in [1.54, 1.807) is 6.07 Å². The maximum Gasteiger partial charge on any atom is 0.250 e. The first-order valence-electron chi connectivity index (χ1n) is 12.4. The molecule has 2 atom stereocenters. The van der Waals surface area contributed by atoms with Crippen molar-refractivity contribution in [3.8, 4) is 0 Å². The Hall–Kier alpha value is -3.38. The Morgan fingerprint density at radius 1 is 1.16 bits per heavy atom. The van der Waals surface area contributed by atoms with Crippen LogP contribution in [0.3, 0.4) is 0 Å². The van der Waals surface area contributed by atoms with Crippen molar-refractivity contribution in [3.05, 3.63) is 81.8 Å². The van der Waals surface area contributed by atoms with Crippen LogP contribution in [0.15, 0.2) is 65.4 Å². The number of fused-ring (bicyclic) bond motifs is 1. The highest BCUT2D eigenvalue weighted by Crippen LogP contribution is 2.40. The molecule has 0 spiro atoms. The van der Waals surface area contributed by atoms with Crippen LogP contribution in [-0.4, -0.2) is 46.2 Å². The average Bonchev–Trinajstić information content (AvgIpc) is 3.15. The largest absolute Gasteiger partial charge is 0.379 e. The van der Waals surface area contributed by atoms with Crippen LogP contribution in [0, 0.1) is 6.92 Å². The third-order valence-electron chi connectivity index (χ3n) is 6.43. The van der Waals surface area contributed by atoms with Gasteiger partial charge in [-0.2, -0.15) is 0 Å². The molecule has 0 saturated heterocycles. The number of nitrogens with one attached hydrogen (secondary N) is 2. The lowest BCUT2D eigenvalue weighted by molar-refractivity contribution is -0.119. The van der Waals surface area contributed by atoms with Crippen molar-refractivity contribution < 1.29 is 14.3 Å². The highest BCUT2D eigenvalue weighted by molar-refractivity contribution is 6.31. The van der Waals surface area contributed by atoms with E-state index in [4.69, 9.17) is 16.3 Å². The van der Waals surface area contributed by atoms with Gasteiger partial charge >= 0.3 is 0 Å². The molecule has 0 aliphatic carbocycles. The Balaban J connectivity index is 1.57. The second kappa shape index (κ2) is 10.9. The van der Waals surface area contributed by atoms with Gasteiger partial charge in [-0.25, -0.2) is 9.78 Å². The molecule has 8 heteroatoms. The first-order chi connectivity index (χ1) is 17.6. The van der Waals surface area contributed by atoms with Crippen molar-refractivity contribution >= 4 is 34.5 Å². The maximum atomic E-state index is 13.4. The van der Waals surface area contributed by atoms with E-state index >= 15 is 0 Å². The Kier molecular flexibility index (Phi) is 7.88. The van der Waals surface area contributed by atoms with E-state index in [2.05, 4.69) is 26.1 Å². The van der Waals surface area contributed by atoms with Gasteiger partial charge in [-0.15, -0.1) is 0 Å². The number of amides is 1. The van der Waals surface area contributed by atoms with E-state index in [9.17, 15) is 9.59 Å². The summed E-state index contributed by atoms with van der Waals surface area (Å²) in [7, 11) is 0. The number of ether oxygens (including phenoxy) is 1.